The first-order valence-corrected chi connectivity index (χ1v) is 5.63. The molecule has 0 aliphatic heterocycles. The van der Waals surface area contributed by atoms with Crippen LogP contribution >= 0.6 is 0 Å². The number of likely N-dealkylation sites (N-methyl/N-ethyl adjacent to an activating group) is 1. The largest absolute Gasteiger partial charge is 0.472 e. The Bertz CT molecular complexity index is 234. The molecule has 1 heterocycles. The number of rotatable bonds is 8. The highest BCUT2D eigenvalue weighted by molar-refractivity contribution is 5.07. The average molecular weight is 211 g/mol. The molecule has 0 aliphatic rings. The topological polar surface area (TPSA) is 34.4 Å². The summed E-state index contributed by atoms with van der Waals surface area (Å²) < 4.78 is 10.5. The lowest BCUT2D eigenvalue weighted by Gasteiger charge is -2.14. The standard InChI is InChI=1S/C12H21NO2/c1-3-6-14-8-5-12(13-2)9-11-4-7-15-10-11/h4,7,10,12-13H,3,5-6,8-9H2,1-2H3. The fraction of sp³-hybridized carbons (Fsp3) is 0.667. The van der Waals surface area contributed by atoms with Crippen molar-refractivity contribution in [2.24, 2.45) is 0 Å². The Labute approximate surface area is 91.8 Å². The van der Waals surface area contributed by atoms with E-state index in [-0.39, 0.29) is 0 Å². The smallest absolute Gasteiger partial charge is 0.0935 e. The zero-order valence-electron chi connectivity index (χ0n) is 9.66. The minimum atomic E-state index is 0.472. The average Bonchev–Trinajstić information content (AvgIpc) is 2.75. The lowest BCUT2D eigenvalue weighted by atomic mass is 10.1. The summed E-state index contributed by atoms with van der Waals surface area (Å²) in [6.07, 6.45) is 6.66. The van der Waals surface area contributed by atoms with E-state index in [1.807, 2.05) is 13.1 Å². The Morgan fingerprint density at radius 3 is 2.93 bits per heavy atom. The summed E-state index contributed by atoms with van der Waals surface area (Å²) in [6.45, 7) is 3.82. The maximum atomic E-state index is 5.47. The van der Waals surface area contributed by atoms with Gasteiger partial charge in [0.2, 0.25) is 0 Å². The number of ether oxygens (including phenoxy) is 1. The van der Waals surface area contributed by atoms with Crippen molar-refractivity contribution in [2.75, 3.05) is 20.3 Å². The Balaban J connectivity index is 2.18. The van der Waals surface area contributed by atoms with Gasteiger partial charge in [0.15, 0.2) is 0 Å². The van der Waals surface area contributed by atoms with Gasteiger partial charge in [-0.05, 0) is 37.9 Å². The van der Waals surface area contributed by atoms with E-state index in [4.69, 9.17) is 9.15 Å². The van der Waals surface area contributed by atoms with Gasteiger partial charge in [-0.15, -0.1) is 0 Å². The van der Waals surface area contributed by atoms with E-state index in [2.05, 4.69) is 12.2 Å². The van der Waals surface area contributed by atoms with Gasteiger partial charge in [-0.25, -0.2) is 0 Å². The number of nitrogens with one attached hydrogen (secondary N) is 1. The molecule has 0 aliphatic carbocycles. The van der Waals surface area contributed by atoms with Crippen LogP contribution in [-0.2, 0) is 11.2 Å². The molecular formula is C12H21NO2. The van der Waals surface area contributed by atoms with Crippen LogP contribution in [0.15, 0.2) is 23.0 Å². The van der Waals surface area contributed by atoms with Crippen molar-refractivity contribution in [1.29, 1.82) is 0 Å². The van der Waals surface area contributed by atoms with Crippen LogP contribution in [0, 0.1) is 0 Å². The van der Waals surface area contributed by atoms with Crippen molar-refractivity contribution in [3.8, 4) is 0 Å². The van der Waals surface area contributed by atoms with Gasteiger partial charge in [0.05, 0.1) is 12.5 Å². The second-order valence-corrected chi connectivity index (χ2v) is 3.72. The molecule has 0 radical (unpaired) electrons. The van der Waals surface area contributed by atoms with E-state index in [1.54, 1.807) is 12.5 Å². The van der Waals surface area contributed by atoms with Gasteiger partial charge in [-0.3, -0.25) is 0 Å². The van der Waals surface area contributed by atoms with E-state index in [9.17, 15) is 0 Å². The van der Waals surface area contributed by atoms with Crippen LogP contribution in [0.2, 0.25) is 0 Å². The summed E-state index contributed by atoms with van der Waals surface area (Å²) in [5.74, 6) is 0. The Kier molecular flexibility index (Phi) is 6.12. The zero-order chi connectivity index (χ0) is 10.9. The molecule has 1 unspecified atom stereocenters. The van der Waals surface area contributed by atoms with Crippen molar-refractivity contribution in [2.45, 2.75) is 32.2 Å². The zero-order valence-corrected chi connectivity index (χ0v) is 9.66. The molecular weight excluding hydrogens is 190 g/mol. The van der Waals surface area contributed by atoms with E-state index >= 15 is 0 Å². The summed E-state index contributed by atoms with van der Waals surface area (Å²) in [5.41, 5.74) is 1.24. The molecule has 0 fully saturated rings. The quantitative estimate of drug-likeness (QED) is 0.670. The van der Waals surface area contributed by atoms with Crippen molar-refractivity contribution in [3.63, 3.8) is 0 Å². The van der Waals surface area contributed by atoms with Gasteiger partial charge in [0, 0.05) is 19.3 Å². The fourth-order valence-electron chi connectivity index (χ4n) is 1.51. The van der Waals surface area contributed by atoms with E-state index < -0.39 is 0 Å². The van der Waals surface area contributed by atoms with E-state index in [0.29, 0.717) is 6.04 Å². The Morgan fingerprint density at radius 1 is 1.47 bits per heavy atom. The molecule has 1 N–H and O–H groups in total. The maximum absolute atomic E-state index is 5.47. The normalized spacial score (nSPS) is 12.9. The Morgan fingerprint density at radius 2 is 2.33 bits per heavy atom. The van der Waals surface area contributed by atoms with Crippen LogP contribution in [0.4, 0.5) is 0 Å². The van der Waals surface area contributed by atoms with Gasteiger partial charge >= 0.3 is 0 Å². The molecule has 86 valence electrons. The molecule has 0 saturated heterocycles. The summed E-state index contributed by atoms with van der Waals surface area (Å²) in [7, 11) is 1.99. The molecule has 0 aromatic carbocycles. The minimum Gasteiger partial charge on any atom is -0.472 e. The lowest BCUT2D eigenvalue weighted by molar-refractivity contribution is 0.125. The van der Waals surface area contributed by atoms with Crippen molar-refractivity contribution < 1.29 is 9.15 Å². The second kappa shape index (κ2) is 7.49. The highest BCUT2D eigenvalue weighted by Crippen LogP contribution is 2.06. The van der Waals surface area contributed by atoms with Crippen molar-refractivity contribution in [3.05, 3.63) is 24.2 Å². The van der Waals surface area contributed by atoms with Crippen LogP contribution in [0.1, 0.15) is 25.3 Å². The van der Waals surface area contributed by atoms with E-state index in [1.165, 1.54) is 5.56 Å². The van der Waals surface area contributed by atoms with E-state index in [0.717, 1.165) is 32.5 Å². The predicted octanol–water partition coefficient (Wildman–Crippen LogP) is 2.23. The molecule has 0 spiro atoms. The number of furan rings is 1. The molecule has 1 rings (SSSR count). The maximum Gasteiger partial charge on any atom is 0.0935 e. The summed E-state index contributed by atoms with van der Waals surface area (Å²) in [5, 5.41) is 3.30. The first-order chi connectivity index (χ1) is 7.36. The lowest BCUT2D eigenvalue weighted by Crippen LogP contribution is -2.28. The first-order valence-electron chi connectivity index (χ1n) is 5.63. The number of hydrogen-bond donors (Lipinski definition) is 1. The first kappa shape index (κ1) is 12.3. The molecule has 1 aromatic rings. The molecule has 0 amide bonds. The molecule has 0 bridgehead atoms. The van der Waals surface area contributed by atoms with Crippen LogP contribution in [0.3, 0.4) is 0 Å². The highest BCUT2D eigenvalue weighted by Gasteiger charge is 2.07. The van der Waals surface area contributed by atoms with Gasteiger partial charge in [-0.1, -0.05) is 6.92 Å². The third-order valence-electron chi connectivity index (χ3n) is 2.43. The van der Waals surface area contributed by atoms with Crippen LogP contribution in [0.25, 0.3) is 0 Å². The van der Waals surface area contributed by atoms with Crippen LogP contribution < -0.4 is 5.32 Å². The van der Waals surface area contributed by atoms with Gasteiger partial charge in [0.25, 0.3) is 0 Å². The van der Waals surface area contributed by atoms with Crippen molar-refractivity contribution >= 4 is 0 Å². The third-order valence-corrected chi connectivity index (χ3v) is 2.43. The van der Waals surface area contributed by atoms with Gasteiger partial charge < -0.3 is 14.5 Å². The van der Waals surface area contributed by atoms with Crippen molar-refractivity contribution in [1.82, 2.24) is 5.32 Å². The van der Waals surface area contributed by atoms with Crippen LogP contribution in [0.5, 0.6) is 0 Å². The summed E-state index contributed by atoms with van der Waals surface area (Å²) >= 11 is 0. The molecule has 3 heteroatoms. The number of hydrogen-bond acceptors (Lipinski definition) is 3. The molecule has 0 saturated carbocycles. The Hall–Kier alpha value is -0.800. The third kappa shape index (κ3) is 5.00. The fourth-order valence-corrected chi connectivity index (χ4v) is 1.51. The monoisotopic (exact) mass is 211 g/mol. The van der Waals surface area contributed by atoms with Gasteiger partial charge in [-0.2, -0.15) is 0 Å². The predicted molar refractivity (Wildman–Crippen MR) is 61.0 cm³/mol. The minimum absolute atomic E-state index is 0.472. The second-order valence-electron chi connectivity index (χ2n) is 3.72. The molecule has 1 aromatic heterocycles. The van der Waals surface area contributed by atoms with Crippen LogP contribution in [-0.4, -0.2) is 26.3 Å². The molecule has 1 atom stereocenters. The summed E-state index contributed by atoms with van der Waals surface area (Å²) in [6, 6.07) is 2.48. The SMILES string of the molecule is CCCOCCC(Cc1ccoc1)NC. The molecule has 3 nitrogen and oxygen atoms in total. The van der Waals surface area contributed by atoms with Gasteiger partial charge in [0.1, 0.15) is 0 Å². The molecule has 15 heavy (non-hydrogen) atoms. The highest BCUT2D eigenvalue weighted by atomic mass is 16.5. The summed E-state index contributed by atoms with van der Waals surface area (Å²) in [4.78, 5) is 0.